The lowest BCUT2D eigenvalue weighted by Crippen LogP contribution is -2.19. The number of hydrogen-bond donors (Lipinski definition) is 2. The second-order valence-corrected chi connectivity index (χ2v) is 7.40. The standard InChI is InChI=1S/C23H21N5O3/c1-24-22(29)19-11-14(7-9-25-19)13-31-23-20-18(8-10-30-20)21(27-28-23)26-17-6-5-15-3-2-4-16(15)12-17/h5-12H,2-4,13H2,1H3,(H,24,29)(H,26,27). The Morgan fingerprint density at radius 2 is 2.03 bits per heavy atom. The molecule has 1 aliphatic rings. The molecule has 0 saturated heterocycles. The highest BCUT2D eigenvalue weighted by molar-refractivity contribution is 5.93. The molecular formula is C23H21N5O3. The lowest BCUT2D eigenvalue weighted by molar-refractivity contribution is 0.0958. The van der Waals surface area contributed by atoms with Crippen molar-refractivity contribution in [2.45, 2.75) is 25.9 Å². The molecule has 8 nitrogen and oxygen atoms in total. The molecule has 3 aromatic heterocycles. The van der Waals surface area contributed by atoms with Gasteiger partial charge in [-0.25, -0.2) is 0 Å². The van der Waals surface area contributed by atoms with E-state index in [1.165, 1.54) is 17.5 Å². The minimum absolute atomic E-state index is 0.203. The predicted octanol–water partition coefficient (Wildman–Crippen LogP) is 3.79. The number of aromatic nitrogens is 3. The average molecular weight is 415 g/mol. The smallest absolute Gasteiger partial charge is 0.278 e. The van der Waals surface area contributed by atoms with Crippen LogP contribution < -0.4 is 15.4 Å². The summed E-state index contributed by atoms with van der Waals surface area (Å²) >= 11 is 0. The molecule has 0 saturated carbocycles. The van der Waals surface area contributed by atoms with E-state index in [0.29, 0.717) is 17.1 Å². The van der Waals surface area contributed by atoms with Crippen LogP contribution in [-0.4, -0.2) is 28.1 Å². The van der Waals surface area contributed by atoms with Gasteiger partial charge in [-0.3, -0.25) is 9.78 Å². The Morgan fingerprint density at radius 3 is 2.94 bits per heavy atom. The number of anilines is 2. The van der Waals surface area contributed by atoms with E-state index in [9.17, 15) is 4.79 Å². The number of fused-ring (bicyclic) bond motifs is 2. The normalized spacial score (nSPS) is 12.5. The number of ether oxygens (including phenoxy) is 1. The third kappa shape index (κ3) is 3.79. The Bertz CT molecular complexity index is 1270. The Kier molecular flexibility index (Phi) is 4.95. The zero-order chi connectivity index (χ0) is 21.2. The van der Waals surface area contributed by atoms with Crippen LogP contribution in [0.25, 0.3) is 11.0 Å². The van der Waals surface area contributed by atoms with E-state index in [0.717, 1.165) is 29.5 Å². The van der Waals surface area contributed by atoms with Crippen LogP contribution in [-0.2, 0) is 19.4 Å². The van der Waals surface area contributed by atoms with Gasteiger partial charge in [-0.15, -0.1) is 10.2 Å². The van der Waals surface area contributed by atoms with Crippen LogP contribution in [0.15, 0.2) is 53.3 Å². The molecular weight excluding hydrogens is 394 g/mol. The summed E-state index contributed by atoms with van der Waals surface area (Å²) in [6, 6.07) is 11.7. The number of amides is 1. The minimum atomic E-state index is -0.253. The number of nitrogens with zero attached hydrogens (tertiary/aromatic N) is 3. The summed E-state index contributed by atoms with van der Waals surface area (Å²) < 4.78 is 11.5. The van der Waals surface area contributed by atoms with Crippen LogP contribution in [0.2, 0.25) is 0 Å². The fourth-order valence-corrected chi connectivity index (χ4v) is 3.80. The number of nitrogens with one attached hydrogen (secondary N) is 2. The Labute approximate surface area is 178 Å². The third-order valence-corrected chi connectivity index (χ3v) is 5.38. The second-order valence-electron chi connectivity index (χ2n) is 7.40. The molecule has 0 aliphatic heterocycles. The minimum Gasteiger partial charge on any atom is -0.469 e. The number of carbonyl (C=O) groups is 1. The van der Waals surface area contributed by atoms with E-state index < -0.39 is 0 Å². The fourth-order valence-electron chi connectivity index (χ4n) is 3.80. The highest BCUT2D eigenvalue weighted by atomic mass is 16.5. The van der Waals surface area contributed by atoms with E-state index in [1.54, 1.807) is 31.6 Å². The maximum absolute atomic E-state index is 11.8. The fraction of sp³-hybridized carbons (Fsp3) is 0.217. The molecule has 3 heterocycles. The quantitative estimate of drug-likeness (QED) is 0.494. The molecule has 0 bridgehead atoms. The molecule has 1 aliphatic carbocycles. The van der Waals surface area contributed by atoms with E-state index in [4.69, 9.17) is 9.15 Å². The van der Waals surface area contributed by atoms with Gasteiger partial charge >= 0.3 is 0 Å². The van der Waals surface area contributed by atoms with Gasteiger partial charge in [0.2, 0.25) is 5.58 Å². The molecule has 2 N–H and O–H groups in total. The van der Waals surface area contributed by atoms with Crippen molar-refractivity contribution in [1.82, 2.24) is 20.5 Å². The summed E-state index contributed by atoms with van der Waals surface area (Å²) in [6.45, 7) is 0.203. The van der Waals surface area contributed by atoms with Crippen LogP contribution in [0, 0.1) is 0 Å². The molecule has 8 heteroatoms. The summed E-state index contributed by atoms with van der Waals surface area (Å²) in [5, 5.41) is 15.2. The van der Waals surface area contributed by atoms with E-state index >= 15 is 0 Å². The van der Waals surface area contributed by atoms with E-state index in [-0.39, 0.29) is 18.4 Å². The zero-order valence-corrected chi connectivity index (χ0v) is 17.0. The number of aryl methyl sites for hydroxylation is 2. The molecule has 0 fully saturated rings. The Hall–Kier alpha value is -3.94. The second kappa shape index (κ2) is 8.06. The topological polar surface area (TPSA) is 102 Å². The summed E-state index contributed by atoms with van der Waals surface area (Å²) in [5.74, 6) is 0.648. The van der Waals surface area contributed by atoms with Crippen molar-refractivity contribution in [2.75, 3.05) is 12.4 Å². The summed E-state index contributed by atoms with van der Waals surface area (Å²) in [5.41, 5.74) is 5.41. The summed E-state index contributed by atoms with van der Waals surface area (Å²) in [4.78, 5) is 15.8. The lowest BCUT2D eigenvalue weighted by atomic mass is 10.1. The van der Waals surface area contributed by atoms with E-state index in [2.05, 4.69) is 44.0 Å². The number of carbonyl (C=O) groups excluding carboxylic acids is 1. The number of pyridine rings is 1. The lowest BCUT2D eigenvalue weighted by Gasteiger charge is -2.10. The van der Waals surface area contributed by atoms with Gasteiger partial charge in [-0.1, -0.05) is 6.07 Å². The van der Waals surface area contributed by atoms with Crippen LogP contribution in [0.3, 0.4) is 0 Å². The highest BCUT2D eigenvalue weighted by Gasteiger charge is 2.16. The highest BCUT2D eigenvalue weighted by Crippen LogP contribution is 2.32. The Balaban J connectivity index is 1.36. The van der Waals surface area contributed by atoms with Crippen molar-refractivity contribution >= 4 is 28.4 Å². The Morgan fingerprint density at radius 1 is 1.13 bits per heavy atom. The first-order chi connectivity index (χ1) is 15.2. The molecule has 0 radical (unpaired) electrons. The largest absolute Gasteiger partial charge is 0.469 e. The van der Waals surface area contributed by atoms with Gasteiger partial charge in [0, 0.05) is 18.9 Å². The predicted molar refractivity (Wildman–Crippen MR) is 116 cm³/mol. The van der Waals surface area contributed by atoms with Crippen molar-refractivity contribution in [3.05, 3.63) is 71.2 Å². The van der Waals surface area contributed by atoms with Crippen molar-refractivity contribution in [3.63, 3.8) is 0 Å². The maximum Gasteiger partial charge on any atom is 0.278 e. The van der Waals surface area contributed by atoms with Crippen molar-refractivity contribution in [1.29, 1.82) is 0 Å². The molecule has 0 atom stereocenters. The van der Waals surface area contributed by atoms with Crippen molar-refractivity contribution in [2.24, 2.45) is 0 Å². The average Bonchev–Trinajstić information content (AvgIpc) is 3.48. The van der Waals surface area contributed by atoms with E-state index in [1.807, 2.05) is 6.07 Å². The first-order valence-electron chi connectivity index (χ1n) is 10.1. The first kappa shape index (κ1) is 19.0. The van der Waals surface area contributed by atoms with Crippen LogP contribution in [0.1, 0.15) is 33.6 Å². The monoisotopic (exact) mass is 415 g/mol. The van der Waals surface area contributed by atoms with Gasteiger partial charge in [0.25, 0.3) is 11.8 Å². The number of furan rings is 1. The van der Waals surface area contributed by atoms with Gasteiger partial charge in [-0.2, -0.15) is 0 Å². The van der Waals surface area contributed by atoms with Crippen LogP contribution in [0.4, 0.5) is 11.5 Å². The number of rotatable bonds is 6. The van der Waals surface area contributed by atoms with Gasteiger partial charge in [-0.05, 0) is 66.3 Å². The van der Waals surface area contributed by atoms with Gasteiger partial charge in [0.05, 0.1) is 11.6 Å². The molecule has 156 valence electrons. The number of hydrogen-bond acceptors (Lipinski definition) is 7. The molecule has 0 unspecified atom stereocenters. The molecule has 0 spiro atoms. The van der Waals surface area contributed by atoms with Gasteiger partial charge < -0.3 is 19.8 Å². The zero-order valence-electron chi connectivity index (χ0n) is 17.0. The summed E-state index contributed by atoms with van der Waals surface area (Å²) in [6.07, 6.45) is 6.63. The molecule has 1 aromatic carbocycles. The molecule has 31 heavy (non-hydrogen) atoms. The van der Waals surface area contributed by atoms with Crippen LogP contribution in [0.5, 0.6) is 5.88 Å². The molecule has 4 aromatic rings. The van der Waals surface area contributed by atoms with Crippen molar-refractivity contribution in [3.8, 4) is 5.88 Å². The maximum atomic E-state index is 11.8. The van der Waals surface area contributed by atoms with Gasteiger partial charge in [0.15, 0.2) is 5.82 Å². The third-order valence-electron chi connectivity index (χ3n) is 5.38. The summed E-state index contributed by atoms with van der Waals surface area (Å²) in [7, 11) is 1.56. The number of benzene rings is 1. The molecule has 5 rings (SSSR count). The van der Waals surface area contributed by atoms with Crippen LogP contribution >= 0.6 is 0 Å². The van der Waals surface area contributed by atoms with Crippen molar-refractivity contribution < 1.29 is 13.9 Å². The SMILES string of the molecule is CNC(=O)c1cc(COc2nnc(Nc3ccc4c(c3)CCC4)c3ccoc23)ccn1. The molecule has 1 amide bonds. The van der Waals surface area contributed by atoms with Gasteiger partial charge in [0.1, 0.15) is 12.3 Å². The first-order valence-corrected chi connectivity index (χ1v) is 10.1.